The molecule has 3 heteroatoms. The Kier molecular flexibility index (Phi) is 2.54. The Morgan fingerprint density at radius 2 is 2.20 bits per heavy atom. The Bertz CT molecular complexity index is 118. The molecule has 0 unspecified atom stereocenters. The summed E-state index contributed by atoms with van der Waals surface area (Å²) in [5, 5.41) is 9.75. The highest BCUT2D eigenvalue weighted by Gasteiger charge is 2.17. The van der Waals surface area contributed by atoms with E-state index in [-0.39, 0.29) is 0 Å². The second kappa shape index (κ2) is 3.44. The molecule has 0 aromatic rings. The highest BCUT2D eigenvalue weighted by Crippen LogP contribution is 2.28. The molecule has 3 nitrogen and oxygen atoms in total. The van der Waals surface area contributed by atoms with Crippen molar-refractivity contribution in [1.29, 1.82) is 0 Å². The van der Waals surface area contributed by atoms with Crippen molar-refractivity contribution in [3.63, 3.8) is 0 Å². The molecule has 1 saturated carbocycles. The van der Waals surface area contributed by atoms with Crippen LogP contribution in [-0.4, -0.2) is 12.8 Å². The molecule has 0 N–H and O–H groups in total. The minimum absolute atomic E-state index is 0.312. The molecule has 0 heterocycles. The van der Waals surface area contributed by atoms with Gasteiger partial charge >= 0.3 is 6.16 Å². The van der Waals surface area contributed by atoms with Gasteiger partial charge in [-0.05, 0) is 12.3 Å². The maximum Gasteiger partial charge on any atom is 0.549 e. The van der Waals surface area contributed by atoms with E-state index in [0.717, 1.165) is 6.42 Å². The van der Waals surface area contributed by atoms with Crippen LogP contribution in [0.25, 0.3) is 0 Å². The lowest BCUT2D eigenvalue weighted by Crippen LogP contribution is -2.14. The van der Waals surface area contributed by atoms with Gasteiger partial charge in [0.25, 0.3) is 0 Å². The molecule has 0 amide bonds. The summed E-state index contributed by atoms with van der Waals surface area (Å²) in [5.41, 5.74) is 0. The van der Waals surface area contributed by atoms with Gasteiger partial charge in [-0.1, -0.05) is 19.3 Å². The number of ether oxygens (including phenoxy) is 1. The molecule has 10 heavy (non-hydrogen) atoms. The second-order valence-electron chi connectivity index (χ2n) is 2.68. The molecule has 0 aliphatic heterocycles. The van der Waals surface area contributed by atoms with Crippen molar-refractivity contribution in [2.45, 2.75) is 25.7 Å². The fourth-order valence-electron chi connectivity index (χ4n) is 1.09. The largest absolute Gasteiger partial charge is 0.549 e. The highest BCUT2D eigenvalue weighted by molar-refractivity contribution is 5.56. The molecule has 1 rings (SSSR count). The summed E-state index contributed by atoms with van der Waals surface area (Å²) in [6.07, 6.45) is 3.22. The maximum absolute atomic E-state index is 9.75. The van der Waals surface area contributed by atoms with Crippen LogP contribution in [-0.2, 0) is 9.84 Å². The molecule has 0 spiro atoms. The van der Waals surface area contributed by atoms with E-state index in [1.807, 2.05) is 0 Å². The number of hydrogen-bond acceptors (Lipinski definition) is 2. The number of carbonyl (C=O) groups is 1. The first-order valence-corrected chi connectivity index (χ1v) is 3.63. The van der Waals surface area contributed by atoms with E-state index in [0.29, 0.717) is 12.5 Å². The molecule has 0 atom stereocenters. The molecule has 0 aromatic heterocycles. The van der Waals surface area contributed by atoms with E-state index in [2.05, 4.69) is 4.74 Å². The van der Waals surface area contributed by atoms with Crippen LogP contribution in [0.15, 0.2) is 0 Å². The molecular weight excluding hydrogens is 132 g/mol. The zero-order valence-corrected chi connectivity index (χ0v) is 5.84. The first-order valence-electron chi connectivity index (χ1n) is 3.63. The van der Waals surface area contributed by atoms with Crippen molar-refractivity contribution in [1.82, 2.24) is 0 Å². The first kappa shape index (κ1) is 7.38. The second-order valence-corrected chi connectivity index (χ2v) is 2.68. The van der Waals surface area contributed by atoms with Crippen LogP contribution in [0.2, 0.25) is 0 Å². The van der Waals surface area contributed by atoms with Crippen molar-refractivity contribution in [2.75, 3.05) is 6.61 Å². The topological polar surface area (TPSA) is 46.2 Å². The quantitative estimate of drug-likeness (QED) is 0.565. The maximum atomic E-state index is 9.75. The van der Waals surface area contributed by atoms with Crippen LogP contribution < -0.4 is 0 Å². The zero-order valence-electron chi connectivity index (χ0n) is 5.84. The predicted molar refractivity (Wildman–Crippen MR) is 34.0 cm³/mol. The van der Waals surface area contributed by atoms with Gasteiger partial charge in [-0.2, -0.15) is 9.90 Å². The van der Waals surface area contributed by atoms with Crippen LogP contribution >= 0.6 is 0 Å². The average Bonchev–Trinajstić information content (AvgIpc) is 1.75. The third-order valence-electron chi connectivity index (χ3n) is 1.97. The molecule has 0 saturated heterocycles. The van der Waals surface area contributed by atoms with Gasteiger partial charge in [-0.25, -0.2) is 0 Å². The van der Waals surface area contributed by atoms with E-state index in [1.54, 1.807) is 0 Å². The molecule has 1 fully saturated rings. The molecule has 0 aromatic carbocycles. The Balaban J connectivity index is 1.89. The molecular formula is C7H11O3. The number of carbonyl (C=O) groups excluding carboxylic acids is 1. The lowest BCUT2D eigenvalue weighted by molar-refractivity contribution is 0.0596. The van der Waals surface area contributed by atoms with Gasteiger partial charge in [-0.3, -0.25) is 0 Å². The van der Waals surface area contributed by atoms with Gasteiger partial charge in [0.15, 0.2) is 0 Å². The zero-order chi connectivity index (χ0) is 7.40. The van der Waals surface area contributed by atoms with Crippen molar-refractivity contribution in [3.05, 3.63) is 0 Å². The van der Waals surface area contributed by atoms with E-state index in [4.69, 9.17) is 0 Å². The molecule has 1 aliphatic rings. The SMILES string of the molecule is [O]C(=O)OCCC1CCC1. The van der Waals surface area contributed by atoms with Crippen molar-refractivity contribution >= 4 is 6.16 Å². The first-order chi connectivity index (χ1) is 4.79. The Morgan fingerprint density at radius 3 is 2.60 bits per heavy atom. The summed E-state index contributed by atoms with van der Waals surface area (Å²) in [6, 6.07) is 0. The van der Waals surface area contributed by atoms with E-state index in [9.17, 15) is 9.90 Å². The summed E-state index contributed by atoms with van der Waals surface area (Å²) < 4.78 is 4.25. The highest BCUT2D eigenvalue weighted by atomic mass is 16.7. The average molecular weight is 143 g/mol. The Morgan fingerprint density at radius 1 is 1.50 bits per heavy atom. The van der Waals surface area contributed by atoms with Crippen LogP contribution in [0.1, 0.15) is 25.7 Å². The van der Waals surface area contributed by atoms with Gasteiger partial charge in [-0.15, -0.1) is 0 Å². The van der Waals surface area contributed by atoms with Gasteiger partial charge in [0.05, 0.1) is 6.61 Å². The third kappa shape index (κ3) is 2.25. The molecule has 0 bridgehead atoms. The number of hydrogen-bond donors (Lipinski definition) is 0. The van der Waals surface area contributed by atoms with Gasteiger partial charge in [0, 0.05) is 0 Å². The lowest BCUT2D eigenvalue weighted by Gasteiger charge is -2.24. The molecule has 57 valence electrons. The fraction of sp³-hybridized carbons (Fsp3) is 0.857. The summed E-state index contributed by atoms with van der Waals surface area (Å²) in [4.78, 5) is 9.75. The fourth-order valence-corrected chi connectivity index (χ4v) is 1.09. The van der Waals surface area contributed by atoms with E-state index < -0.39 is 6.16 Å². The Hall–Kier alpha value is -0.730. The van der Waals surface area contributed by atoms with Crippen molar-refractivity contribution in [2.24, 2.45) is 5.92 Å². The van der Waals surface area contributed by atoms with Crippen LogP contribution in [0.4, 0.5) is 4.79 Å². The van der Waals surface area contributed by atoms with Crippen LogP contribution in [0, 0.1) is 5.92 Å². The predicted octanol–water partition coefficient (Wildman–Crippen LogP) is 1.74. The monoisotopic (exact) mass is 143 g/mol. The number of rotatable bonds is 3. The molecule has 1 aliphatic carbocycles. The van der Waals surface area contributed by atoms with E-state index >= 15 is 0 Å². The summed E-state index contributed by atoms with van der Waals surface area (Å²) in [5.74, 6) is 0.708. The molecule has 1 radical (unpaired) electrons. The van der Waals surface area contributed by atoms with Gasteiger partial charge < -0.3 is 4.74 Å². The van der Waals surface area contributed by atoms with Crippen LogP contribution in [0.3, 0.4) is 0 Å². The van der Waals surface area contributed by atoms with Crippen LogP contribution in [0.5, 0.6) is 0 Å². The summed E-state index contributed by atoms with van der Waals surface area (Å²) >= 11 is 0. The van der Waals surface area contributed by atoms with Crippen molar-refractivity contribution < 1.29 is 14.6 Å². The Labute approximate surface area is 60.0 Å². The minimum atomic E-state index is -1.40. The van der Waals surface area contributed by atoms with Gasteiger partial charge in [0.1, 0.15) is 0 Å². The normalized spacial score (nSPS) is 18.0. The standard InChI is InChI=1S/C7H11O3/c8-7(9)10-5-4-6-2-1-3-6/h6H,1-5H2. The summed E-state index contributed by atoms with van der Waals surface area (Å²) in [6.45, 7) is 0.312. The third-order valence-corrected chi connectivity index (χ3v) is 1.97. The van der Waals surface area contributed by atoms with Gasteiger partial charge in [0.2, 0.25) is 0 Å². The smallest absolute Gasteiger partial charge is 0.432 e. The van der Waals surface area contributed by atoms with E-state index in [1.165, 1.54) is 19.3 Å². The van der Waals surface area contributed by atoms with Crippen molar-refractivity contribution in [3.8, 4) is 0 Å². The minimum Gasteiger partial charge on any atom is -0.432 e. The lowest BCUT2D eigenvalue weighted by atomic mass is 9.83. The summed E-state index contributed by atoms with van der Waals surface area (Å²) in [7, 11) is 0.